The summed E-state index contributed by atoms with van der Waals surface area (Å²) in [5.74, 6) is 0.624. The van der Waals surface area contributed by atoms with E-state index in [0.29, 0.717) is 5.92 Å². The molecule has 0 unspecified atom stereocenters. The zero-order valence-electron chi connectivity index (χ0n) is 13.7. The van der Waals surface area contributed by atoms with E-state index < -0.39 is 0 Å². The van der Waals surface area contributed by atoms with Crippen LogP contribution in [-0.2, 0) is 10.3 Å². The van der Waals surface area contributed by atoms with Crippen LogP contribution < -0.4 is 5.32 Å². The van der Waals surface area contributed by atoms with Crippen LogP contribution in [0.2, 0.25) is 0 Å². The molecule has 2 heterocycles. The molecule has 2 amide bonds. The van der Waals surface area contributed by atoms with Gasteiger partial charge in [-0.1, -0.05) is 43.2 Å². The van der Waals surface area contributed by atoms with Gasteiger partial charge in [0.25, 0.3) is 0 Å². The number of urea groups is 1. The van der Waals surface area contributed by atoms with Crippen molar-refractivity contribution in [1.29, 1.82) is 0 Å². The second-order valence-electron chi connectivity index (χ2n) is 7.18. The van der Waals surface area contributed by atoms with Crippen LogP contribution in [0.4, 0.5) is 4.79 Å². The van der Waals surface area contributed by atoms with Crippen molar-refractivity contribution in [1.82, 2.24) is 10.2 Å². The van der Waals surface area contributed by atoms with Gasteiger partial charge in [0.2, 0.25) is 0 Å². The lowest BCUT2D eigenvalue weighted by molar-refractivity contribution is -0.0805. The molecule has 1 aromatic carbocycles. The molecule has 0 bridgehead atoms. The highest BCUT2D eigenvalue weighted by Gasteiger charge is 2.57. The number of amides is 2. The summed E-state index contributed by atoms with van der Waals surface area (Å²) in [4.78, 5) is 15.0. The second kappa shape index (κ2) is 6.16. The zero-order valence-corrected chi connectivity index (χ0v) is 13.7. The first-order valence-electron chi connectivity index (χ1n) is 9.02. The van der Waals surface area contributed by atoms with E-state index in [4.69, 9.17) is 4.74 Å². The second-order valence-corrected chi connectivity index (χ2v) is 7.18. The van der Waals surface area contributed by atoms with E-state index >= 15 is 0 Å². The molecule has 4 rings (SSSR count). The first kappa shape index (κ1) is 15.0. The summed E-state index contributed by atoms with van der Waals surface area (Å²) in [5, 5.41) is 3.26. The van der Waals surface area contributed by atoms with Crippen LogP contribution in [0.5, 0.6) is 0 Å². The molecule has 2 saturated heterocycles. The van der Waals surface area contributed by atoms with Crippen LogP contribution in [0.15, 0.2) is 30.3 Å². The van der Waals surface area contributed by atoms with Gasteiger partial charge < -0.3 is 15.0 Å². The van der Waals surface area contributed by atoms with Crippen LogP contribution in [-0.4, -0.2) is 36.7 Å². The molecule has 2 aliphatic heterocycles. The van der Waals surface area contributed by atoms with Crippen molar-refractivity contribution >= 4 is 6.03 Å². The lowest BCUT2D eigenvalue weighted by Gasteiger charge is -2.61. The summed E-state index contributed by atoms with van der Waals surface area (Å²) < 4.78 is 5.39. The standard InChI is InChI=1S/C19H26N2O2/c22-18(20-17-9-12-23-13-10-17)21-14-16-8-4-5-11-19(16,21)15-6-2-1-3-7-15/h1-3,6-7,16-17H,4-5,8-14H2,(H,20,22)/t16-,19+/m0/s1. The molecular weight excluding hydrogens is 288 g/mol. The topological polar surface area (TPSA) is 41.6 Å². The number of hydrogen-bond acceptors (Lipinski definition) is 2. The first-order chi connectivity index (χ1) is 11.3. The van der Waals surface area contributed by atoms with Gasteiger partial charge in [-0.3, -0.25) is 0 Å². The number of likely N-dealkylation sites (tertiary alicyclic amines) is 1. The Morgan fingerprint density at radius 3 is 2.65 bits per heavy atom. The summed E-state index contributed by atoms with van der Waals surface area (Å²) >= 11 is 0. The van der Waals surface area contributed by atoms with Gasteiger partial charge in [-0.2, -0.15) is 0 Å². The van der Waals surface area contributed by atoms with Crippen molar-refractivity contribution in [2.24, 2.45) is 5.92 Å². The van der Waals surface area contributed by atoms with Gasteiger partial charge in [0.1, 0.15) is 0 Å². The lowest BCUT2D eigenvalue weighted by atomic mass is 9.62. The van der Waals surface area contributed by atoms with Gasteiger partial charge in [-0.25, -0.2) is 4.79 Å². The molecule has 1 saturated carbocycles. The molecule has 1 aliphatic carbocycles. The van der Waals surface area contributed by atoms with E-state index in [-0.39, 0.29) is 17.6 Å². The quantitative estimate of drug-likeness (QED) is 0.910. The monoisotopic (exact) mass is 314 g/mol. The SMILES string of the molecule is O=C(NC1CCOCC1)N1C[C@@H]2CCCC[C@@]21c1ccccc1. The van der Waals surface area contributed by atoms with Crippen LogP contribution in [0.25, 0.3) is 0 Å². The van der Waals surface area contributed by atoms with Crippen LogP contribution in [0.3, 0.4) is 0 Å². The molecule has 4 nitrogen and oxygen atoms in total. The van der Waals surface area contributed by atoms with Crippen LogP contribution in [0.1, 0.15) is 44.1 Å². The molecule has 1 N–H and O–H groups in total. The number of nitrogens with zero attached hydrogens (tertiary/aromatic N) is 1. The van der Waals surface area contributed by atoms with E-state index in [1.807, 2.05) is 0 Å². The van der Waals surface area contributed by atoms with Gasteiger partial charge in [0, 0.05) is 31.7 Å². The van der Waals surface area contributed by atoms with Crippen LogP contribution >= 0.6 is 0 Å². The highest BCUT2D eigenvalue weighted by molar-refractivity contribution is 5.77. The number of rotatable bonds is 2. The van der Waals surface area contributed by atoms with Gasteiger partial charge in [-0.05, 0) is 31.2 Å². The molecule has 0 radical (unpaired) electrons. The molecule has 3 aliphatic rings. The minimum Gasteiger partial charge on any atom is -0.381 e. The molecule has 3 fully saturated rings. The molecule has 2 atom stereocenters. The number of nitrogens with one attached hydrogen (secondary N) is 1. The number of ether oxygens (including phenoxy) is 1. The average Bonchev–Trinajstić information content (AvgIpc) is 2.58. The number of carbonyl (C=O) groups excluding carboxylic acids is 1. The Morgan fingerprint density at radius 1 is 1.13 bits per heavy atom. The maximum absolute atomic E-state index is 12.9. The predicted octanol–water partition coefficient (Wildman–Crippen LogP) is 3.28. The number of fused-ring (bicyclic) bond motifs is 1. The van der Waals surface area contributed by atoms with Gasteiger partial charge in [0.15, 0.2) is 0 Å². The molecule has 124 valence electrons. The Labute approximate surface area is 138 Å². The third-order valence-electron chi connectivity index (χ3n) is 5.99. The van der Waals surface area contributed by atoms with Gasteiger partial charge in [-0.15, -0.1) is 0 Å². The molecule has 0 aromatic heterocycles. The summed E-state index contributed by atoms with van der Waals surface area (Å²) in [6.45, 7) is 2.43. The van der Waals surface area contributed by atoms with Crippen molar-refractivity contribution in [3.05, 3.63) is 35.9 Å². The summed E-state index contributed by atoms with van der Waals surface area (Å²) in [5.41, 5.74) is 1.26. The number of hydrogen-bond donors (Lipinski definition) is 1. The predicted molar refractivity (Wildman–Crippen MR) is 89.2 cm³/mol. The van der Waals surface area contributed by atoms with E-state index in [0.717, 1.165) is 39.0 Å². The van der Waals surface area contributed by atoms with Gasteiger partial charge in [0.05, 0.1) is 5.54 Å². The highest BCUT2D eigenvalue weighted by atomic mass is 16.5. The minimum atomic E-state index is -0.0608. The van der Waals surface area contributed by atoms with E-state index in [1.165, 1.54) is 24.8 Å². The highest BCUT2D eigenvalue weighted by Crippen LogP contribution is 2.53. The van der Waals surface area contributed by atoms with Crippen molar-refractivity contribution in [2.75, 3.05) is 19.8 Å². The van der Waals surface area contributed by atoms with E-state index in [1.54, 1.807) is 0 Å². The number of carbonyl (C=O) groups is 1. The smallest absolute Gasteiger partial charge is 0.318 e. The Morgan fingerprint density at radius 2 is 1.91 bits per heavy atom. The molecule has 23 heavy (non-hydrogen) atoms. The van der Waals surface area contributed by atoms with Crippen LogP contribution in [0, 0.1) is 5.92 Å². The normalized spacial score (nSPS) is 31.1. The average molecular weight is 314 g/mol. The molecular formula is C19H26N2O2. The molecule has 4 heteroatoms. The minimum absolute atomic E-state index is 0.0608. The lowest BCUT2D eigenvalue weighted by Crippen LogP contribution is -2.69. The Kier molecular flexibility index (Phi) is 4.02. The summed E-state index contributed by atoms with van der Waals surface area (Å²) in [6.07, 6.45) is 6.72. The fourth-order valence-corrected chi connectivity index (χ4v) is 4.72. The van der Waals surface area contributed by atoms with Crippen molar-refractivity contribution < 1.29 is 9.53 Å². The first-order valence-corrected chi connectivity index (χ1v) is 9.02. The molecule has 1 aromatic rings. The fourth-order valence-electron chi connectivity index (χ4n) is 4.72. The number of benzene rings is 1. The van der Waals surface area contributed by atoms with E-state index in [9.17, 15) is 4.79 Å². The third kappa shape index (κ3) is 2.53. The summed E-state index contributed by atoms with van der Waals surface area (Å²) in [7, 11) is 0. The van der Waals surface area contributed by atoms with Gasteiger partial charge >= 0.3 is 6.03 Å². The largest absolute Gasteiger partial charge is 0.381 e. The maximum Gasteiger partial charge on any atom is 0.318 e. The fraction of sp³-hybridized carbons (Fsp3) is 0.632. The Balaban J connectivity index is 1.54. The maximum atomic E-state index is 12.9. The Hall–Kier alpha value is -1.55. The third-order valence-corrected chi connectivity index (χ3v) is 5.99. The van der Waals surface area contributed by atoms with Crippen molar-refractivity contribution in [3.8, 4) is 0 Å². The van der Waals surface area contributed by atoms with Crippen molar-refractivity contribution in [3.63, 3.8) is 0 Å². The zero-order chi connectivity index (χ0) is 15.7. The molecule has 0 spiro atoms. The van der Waals surface area contributed by atoms with Crippen molar-refractivity contribution in [2.45, 2.75) is 50.1 Å². The Bertz CT molecular complexity index is 556. The summed E-state index contributed by atoms with van der Waals surface area (Å²) in [6, 6.07) is 11.1. The van der Waals surface area contributed by atoms with E-state index in [2.05, 4.69) is 40.5 Å².